The average molecular weight is 669 g/mol. The van der Waals surface area contributed by atoms with E-state index in [1.54, 1.807) is 6.20 Å². The first-order valence-electron chi connectivity index (χ1n) is 17.7. The van der Waals surface area contributed by atoms with E-state index in [4.69, 9.17) is 0 Å². The van der Waals surface area contributed by atoms with Crippen molar-refractivity contribution < 1.29 is 0 Å². The molecule has 6 aromatic rings. The van der Waals surface area contributed by atoms with Crippen LogP contribution in [-0.4, -0.2) is 18.2 Å². The molecule has 0 spiro atoms. The Morgan fingerprint density at radius 2 is 1.25 bits per heavy atom. The molecular formula is C47H48N4. The number of nitrogens with zero attached hydrogens (tertiary/aromatic N) is 3. The fourth-order valence-electron chi connectivity index (χ4n) is 6.24. The van der Waals surface area contributed by atoms with E-state index < -0.39 is 0 Å². The van der Waals surface area contributed by atoms with Gasteiger partial charge in [-0.2, -0.15) is 0 Å². The van der Waals surface area contributed by atoms with Crippen molar-refractivity contribution in [2.45, 2.75) is 41.2 Å². The lowest BCUT2D eigenvalue weighted by atomic mass is 9.97. The molecule has 4 nitrogen and oxygen atoms in total. The van der Waals surface area contributed by atoms with E-state index in [2.05, 4.69) is 175 Å². The van der Waals surface area contributed by atoms with Gasteiger partial charge in [0.25, 0.3) is 0 Å². The van der Waals surface area contributed by atoms with E-state index >= 15 is 0 Å². The number of aromatic nitrogens is 1. The first-order valence-corrected chi connectivity index (χ1v) is 17.7. The Hall–Kier alpha value is -6.00. The number of para-hydroxylation sites is 1. The van der Waals surface area contributed by atoms with Crippen molar-refractivity contribution in [3.63, 3.8) is 0 Å². The largest absolute Gasteiger partial charge is 0.366 e. The van der Waals surface area contributed by atoms with Crippen LogP contribution in [0.5, 0.6) is 0 Å². The lowest BCUT2D eigenvalue weighted by molar-refractivity contribution is 0.769. The number of nitrogens with one attached hydrogen (secondary N) is 1. The van der Waals surface area contributed by atoms with Gasteiger partial charge in [-0.1, -0.05) is 135 Å². The highest BCUT2D eigenvalue weighted by molar-refractivity contribution is 5.73. The normalized spacial score (nSPS) is 11.9. The maximum Gasteiger partial charge on any atom is 0.133 e. The Morgan fingerprint density at radius 1 is 0.667 bits per heavy atom. The smallest absolute Gasteiger partial charge is 0.133 e. The van der Waals surface area contributed by atoms with Gasteiger partial charge in [-0.25, -0.2) is 0 Å². The summed E-state index contributed by atoms with van der Waals surface area (Å²) < 4.78 is 0. The van der Waals surface area contributed by atoms with Gasteiger partial charge in [0, 0.05) is 36.7 Å². The lowest BCUT2D eigenvalue weighted by Gasteiger charge is -2.32. The van der Waals surface area contributed by atoms with E-state index in [9.17, 15) is 0 Å². The predicted molar refractivity (Wildman–Crippen MR) is 219 cm³/mol. The molecule has 0 saturated carbocycles. The van der Waals surface area contributed by atoms with Crippen LogP contribution in [0.3, 0.4) is 0 Å². The molecule has 0 atom stereocenters. The highest BCUT2D eigenvalue weighted by Gasteiger charge is 2.21. The zero-order valence-corrected chi connectivity index (χ0v) is 30.5. The fraction of sp³-hybridized carbons (Fsp3) is 0.149. The number of rotatable bonds is 8. The average Bonchev–Trinajstić information content (AvgIpc) is 3.19. The Bertz CT molecular complexity index is 2040. The summed E-state index contributed by atoms with van der Waals surface area (Å²) in [6, 6.07) is 48.6. The Balaban J connectivity index is 0.000000262. The highest BCUT2D eigenvalue weighted by Crippen LogP contribution is 2.30. The summed E-state index contributed by atoms with van der Waals surface area (Å²) in [7, 11) is 0. The fourth-order valence-corrected chi connectivity index (χ4v) is 6.24. The number of aliphatic imine (C=N–C) groups is 1. The number of anilines is 1. The summed E-state index contributed by atoms with van der Waals surface area (Å²) in [5.74, 6) is 0.954. The Kier molecular flexibility index (Phi) is 12.9. The minimum Gasteiger partial charge on any atom is -0.366 e. The zero-order chi connectivity index (χ0) is 36.0. The second kappa shape index (κ2) is 18.1. The number of hydrogen-bond acceptors (Lipinski definition) is 4. The van der Waals surface area contributed by atoms with Gasteiger partial charge in [0.15, 0.2) is 0 Å². The van der Waals surface area contributed by atoms with Crippen LogP contribution in [0.15, 0.2) is 175 Å². The molecule has 0 aliphatic carbocycles. The third kappa shape index (κ3) is 9.37. The number of aryl methyl sites for hydroxylation is 3. The Morgan fingerprint density at radius 3 is 1.84 bits per heavy atom. The van der Waals surface area contributed by atoms with Crippen LogP contribution < -0.4 is 10.2 Å². The van der Waals surface area contributed by atoms with Crippen molar-refractivity contribution in [1.82, 2.24) is 10.3 Å². The first-order chi connectivity index (χ1) is 25.0. The van der Waals surface area contributed by atoms with Crippen LogP contribution >= 0.6 is 0 Å². The van der Waals surface area contributed by atoms with Crippen LogP contribution in [0.25, 0.3) is 27.8 Å². The van der Waals surface area contributed by atoms with Gasteiger partial charge in [0.05, 0.1) is 0 Å². The van der Waals surface area contributed by atoms with Crippen molar-refractivity contribution in [3.8, 4) is 22.3 Å². The van der Waals surface area contributed by atoms with Crippen LogP contribution in [0.1, 0.15) is 41.7 Å². The van der Waals surface area contributed by atoms with E-state index in [1.165, 1.54) is 50.1 Å². The zero-order valence-electron chi connectivity index (χ0n) is 30.5. The molecule has 0 radical (unpaired) electrons. The van der Waals surface area contributed by atoms with Gasteiger partial charge in [0.1, 0.15) is 11.5 Å². The standard InChI is InChI=1S/C31H28N4.C14H14.C2H6/c1-23-16-24(18-27(17-23)26-12-9-15-33-20-26)22-35(29-13-7-4-8-14-29)31-30(32-2)19-28(21-34-31)25-10-5-3-6-11-25;1-11-7-3-5-9-13(11)14-10-6-4-8-12(14)2;1-2/h3-20,34H,2,21-22H2,1H3;3-10H,1-2H3;1-2H3. The quantitative estimate of drug-likeness (QED) is 0.164. The monoisotopic (exact) mass is 668 g/mol. The third-order valence-electron chi connectivity index (χ3n) is 8.71. The van der Waals surface area contributed by atoms with Gasteiger partial charge in [-0.3, -0.25) is 9.98 Å². The van der Waals surface area contributed by atoms with Crippen molar-refractivity contribution in [2.75, 3.05) is 11.4 Å². The molecule has 0 amide bonds. The van der Waals surface area contributed by atoms with Crippen molar-refractivity contribution in [1.29, 1.82) is 0 Å². The minimum atomic E-state index is 0.689. The maximum absolute atomic E-state index is 4.42. The molecule has 1 N–H and O–H groups in total. The van der Waals surface area contributed by atoms with Gasteiger partial charge in [0.2, 0.25) is 0 Å². The van der Waals surface area contributed by atoms with Crippen molar-refractivity contribution in [2.24, 2.45) is 4.99 Å². The highest BCUT2D eigenvalue weighted by atomic mass is 15.3. The third-order valence-corrected chi connectivity index (χ3v) is 8.71. The van der Waals surface area contributed by atoms with Crippen LogP contribution in [0.2, 0.25) is 0 Å². The summed E-state index contributed by atoms with van der Waals surface area (Å²) in [6.07, 6.45) is 5.86. The van der Waals surface area contributed by atoms with Gasteiger partial charge in [-0.05, 0) is 102 Å². The number of allylic oxidation sites excluding steroid dienone is 1. The second-order valence-corrected chi connectivity index (χ2v) is 12.3. The maximum atomic E-state index is 4.42. The lowest BCUT2D eigenvalue weighted by Crippen LogP contribution is -2.35. The number of pyridine rings is 1. The molecule has 256 valence electrons. The van der Waals surface area contributed by atoms with Gasteiger partial charge in [-0.15, -0.1) is 0 Å². The first kappa shape index (κ1) is 36.3. The van der Waals surface area contributed by atoms with Gasteiger partial charge < -0.3 is 10.2 Å². The molecule has 51 heavy (non-hydrogen) atoms. The predicted octanol–water partition coefficient (Wildman–Crippen LogP) is 11.6. The molecule has 2 heterocycles. The van der Waals surface area contributed by atoms with E-state index in [0.717, 1.165) is 29.3 Å². The van der Waals surface area contributed by atoms with E-state index in [0.29, 0.717) is 6.54 Å². The van der Waals surface area contributed by atoms with E-state index in [-0.39, 0.29) is 0 Å². The molecular weight excluding hydrogens is 621 g/mol. The van der Waals surface area contributed by atoms with Crippen LogP contribution in [-0.2, 0) is 6.54 Å². The molecule has 0 bridgehead atoms. The number of benzene rings is 5. The molecule has 0 fully saturated rings. The van der Waals surface area contributed by atoms with Crippen LogP contribution in [0.4, 0.5) is 5.69 Å². The molecule has 0 unspecified atom stereocenters. The van der Waals surface area contributed by atoms with E-state index in [1.807, 2.05) is 38.2 Å². The summed E-state index contributed by atoms with van der Waals surface area (Å²) in [5, 5.41) is 3.64. The molecule has 1 aliphatic heterocycles. The molecule has 5 aromatic carbocycles. The molecule has 1 aromatic heterocycles. The summed E-state index contributed by atoms with van der Waals surface area (Å²) in [4.78, 5) is 11.0. The summed E-state index contributed by atoms with van der Waals surface area (Å²) in [6.45, 7) is 15.7. The minimum absolute atomic E-state index is 0.689. The number of hydrogen-bond donors (Lipinski definition) is 1. The Labute approximate surface area is 304 Å². The molecule has 1 aliphatic rings. The van der Waals surface area contributed by atoms with Crippen molar-refractivity contribution in [3.05, 3.63) is 197 Å². The molecule has 4 heteroatoms. The molecule has 0 saturated heterocycles. The molecule has 7 rings (SSSR count). The number of dihydropyridines is 1. The topological polar surface area (TPSA) is 40.5 Å². The second-order valence-electron chi connectivity index (χ2n) is 12.3. The van der Waals surface area contributed by atoms with Crippen LogP contribution in [0, 0.1) is 20.8 Å². The SMILES string of the molecule is C=NC1=C(N(Cc2cc(C)cc(-c3cccnc3)c2)c2ccccc2)NCC(c2ccccc2)=C1.CC.Cc1ccccc1-c1ccccc1C. The van der Waals surface area contributed by atoms with Crippen molar-refractivity contribution >= 4 is 18.0 Å². The van der Waals surface area contributed by atoms with Gasteiger partial charge >= 0.3 is 0 Å². The summed E-state index contributed by atoms with van der Waals surface area (Å²) >= 11 is 0. The summed E-state index contributed by atoms with van der Waals surface area (Å²) in [5.41, 5.74) is 14.4.